The van der Waals surface area contributed by atoms with Crippen molar-refractivity contribution >= 4 is 239 Å². The quantitative estimate of drug-likeness (QED) is 0.252. The van der Waals surface area contributed by atoms with E-state index in [0.717, 1.165) is 49.4 Å². The van der Waals surface area contributed by atoms with Crippen LogP contribution in [0.1, 0.15) is 17.1 Å². The van der Waals surface area contributed by atoms with Gasteiger partial charge < -0.3 is 18.0 Å². The van der Waals surface area contributed by atoms with Gasteiger partial charge in [0, 0.05) is 54.6 Å². The smallest absolute Gasteiger partial charge is 0.141 e. The number of hydrogen-bond donors (Lipinski definition) is 0. The lowest BCUT2D eigenvalue weighted by Crippen LogP contribution is -2.47. The number of fused-ring (bicyclic) bond motifs is 12. The molecule has 2 unspecified atom stereocenters. The Labute approximate surface area is 426 Å². The van der Waals surface area contributed by atoms with Gasteiger partial charge in [0.1, 0.15) is 109 Å². The first kappa shape index (κ1) is 44.2. The van der Waals surface area contributed by atoms with E-state index in [0.29, 0.717) is 60.8 Å². The van der Waals surface area contributed by atoms with Crippen LogP contribution >= 0.6 is 0 Å². The predicted octanol–water partition coefficient (Wildman–Crippen LogP) is 1.49. The molecule has 26 radical (unpaired) electrons. The Morgan fingerprint density at radius 2 is 0.986 bits per heavy atom. The van der Waals surface area contributed by atoms with Crippen LogP contribution in [-0.2, 0) is 0 Å². The molecule has 8 aromatic carbocycles. The lowest BCUT2D eigenvalue weighted by atomic mass is 9.57. The van der Waals surface area contributed by atoms with Crippen molar-refractivity contribution in [2.75, 3.05) is 0 Å². The van der Waals surface area contributed by atoms with Gasteiger partial charge >= 0.3 is 0 Å². The molecule has 0 saturated carbocycles. The minimum absolute atomic E-state index is 0.0718. The van der Waals surface area contributed by atoms with E-state index in [-0.39, 0.29) is 71.4 Å². The zero-order valence-corrected chi connectivity index (χ0v) is 37.8. The van der Waals surface area contributed by atoms with Gasteiger partial charge in [0.05, 0.1) is 37.8 Å². The highest BCUT2D eigenvalue weighted by molar-refractivity contribution is 6.69. The van der Waals surface area contributed by atoms with Crippen LogP contribution in [0.25, 0.3) is 116 Å². The fraction of sp³-hybridized carbons (Fsp3) is 0.0370. The van der Waals surface area contributed by atoms with Gasteiger partial charge in [-0.1, -0.05) is 122 Å². The molecule has 71 heavy (non-hydrogen) atoms. The maximum atomic E-state index is 7.34. The number of nitrogens with zero attached hydrogens (tertiary/aromatic N) is 2. The zero-order valence-electron chi connectivity index (χ0n) is 37.8. The molecule has 17 heteroatoms. The average Bonchev–Trinajstić information content (AvgIpc) is 4.15. The molecule has 0 saturated heterocycles. The lowest BCUT2D eigenvalue weighted by Gasteiger charge is -2.25. The molecule has 1 aliphatic carbocycles. The van der Waals surface area contributed by atoms with E-state index in [1.165, 1.54) is 0 Å². The topological polar surface area (TPSA) is 36.1 Å². The van der Waals surface area contributed by atoms with Crippen molar-refractivity contribution in [1.29, 1.82) is 0 Å². The summed E-state index contributed by atoms with van der Waals surface area (Å²) in [7, 11) is 87.9. The molecule has 2 atom stereocenters. The van der Waals surface area contributed by atoms with Gasteiger partial charge in [0.25, 0.3) is 0 Å². The van der Waals surface area contributed by atoms with Crippen molar-refractivity contribution in [3.8, 4) is 33.6 Å². The molecule has 4 nitrogen and oxygen atoms in total. The molecule has 0 aliphatic heterocycles. The number of para-hydroxylation sites is 2. The van der Waals surface area contributed by atoms with Gasteiger partial charge in [-0.2, -0.15) is 0 Å². The largest absolute Gasteiger partial charge is 0.458 e. The summed E-state index contributed by atoms with van der Waals surface area (Å²) < 4.78 is 17.2. The Morgan fingerprint density at radius 1 is 0.408 bits per heavy atom. The van der Waals surface area contributed by atoms with Gasteiger partial charge in [-0.25, -0.2) is 0 Å². The van der Waals surface area contributed by atoms with Crippen LogP contribution in [0.15, 0.2) is 124 Å². The van der Waals surface area contributed by atoms with Crippen LogP contribution in [-0.4, -0.2) is 111 Å². The summed E-state index contributed by atoms with van der Waals surface area (Å²) in [5.41, 5.74) is 10.8. The first-order chi connectivity index (χ1) is 34.2. The van der Waals surface area contributed by atoms with E-state index in [4.69, 9.17) is 111 Å². The fourth-order valence-electron chi connectivity index (χ4n) is 11.1. The first-order valence-electron chi connectivity index (χ1n) is 22.7. The maximum absolute atomic E-state index is 7.34. The van der Waals surface area contributed by atoms with E-state index in [9.17, 15) is 0 Å². The number of furan rings is 2. The Bertz CT molecular complexity index is 4410. The van der Waals surface area contributed by atoms with Crippen LogP contribution in [0, 0.1) is 0 Å². The highest BCUT2D eigenvalue weighted by Crippen LogP contribution is 2.45. The van der Waals surface area contributed by atoms with E-state index in [1.54, 1.807) is 6.08 Å². The molecule has 4 aromatic heterocycles. The number of allylic oxidation sites excluding steroid dienone is 1. The Morgan fingerprint density at radius 3 is 1.72 bits per heavy atom. The molecular weight excluding hydrogens is 849 g/mol. The van der Waals surface area contributed by atoms with Gasteiger partial charge in [-0.15, -0.1) is 16.4 Å². The van der Waals surface area contributed by atoms with Crippen molar-refractivity contribution in [3.63, 3.8) is 0 Å². The minimum atomic E-state index is -0.720. The molecule has 1 aliphatic rings. The SMILES string of the molecule is [B]C1=CC([B])C([B])c2c1oc1c([B])c([B])c(-n3c4ccc(-c5ccc6c(c5)c5ccccc5n6-c5ccccc5)cc4c4c(-c5c([B])c([B])c([B])c6c5oc5c([B])c([B])c([B])c([B])c56)cccc43)c([B])c21. The number of hydrogen-bond acceptors (Lipinski definition) is 2. The summed E-state index contributed by atoms with van der Waals surface area (Å²) in [5.74, 6) is -1.01. The maximum Gasteiger partial charge on any atom is 0.141 e. The second-order valence-electron chi connectivity index (χ2n) is 18.3. The Hall–Kier alpha value is -6.72. The zero-order chi connectivity index (χ0) is 49.2. The van der Waals surface area contributed by atoms with Crippen LogP contribution < -0.4 is 54.6 Å². The summed E-state index contributed by atoms with van der Waals surface area (Å²) in [6.45, 7) is 0. The van der Waals surface area contributed by atoms with Gasteiger partial charge in [0.2, 0.25) is 0 Å². The molecule has 12 aromatic rings. The third kappa shape index (κ3) is 5.93. The molecule has 298 valence electrons. The van der Waals surface area contributed by atoms with Crippen molar-refractivity contribution in [3.05, 3.63) is 127 Å². The van der Waals surface area contributed by atoms with Crippen LogP contribution in [0.5, 0.6) is 0 Å². The van der Waals surface area contributed by atoms with E-state index < -0.39 is 11.6 Å². The highest BCUT2D eigenvalue weighted by atomic mass is 16.3. The van der Waals surface area contributed by atoms with Gasteiger partial charge in [-0.3, -0.25) is 0 Å². The molecule has 0 N–H and O–H groups in total. The Balaban J connectivity index is 1.15. The summed E-state index contributed by atoms with van der Waals surface area (Å²) in [6, 6.07) is 37.2. The average molecular weight is 870 g/mol. The number of benzene rings is 8. The second kappa shape index (κ2) is 15.6. The van der Waals surface area contributed by atoms with Gasteiger partial charge in [-0.05, 0) is 70.8 Å². The third-order valence-electron chi connectivity index (χ3n) is 14.6. The molecule has 0 bridgehead atoms. The predicted molar refractivity (Wildman–Crippen MR) is 309 cm³/mol. The van der Waals surface area contributed by atoms with Gasteiger partial charge in [0.15, 0.2) is 0 Å². The lowest BCUT2D eigenvalue weighted by molar-refractivity contribution is 0.594. The molecule has 4 heterocycles. The summed E-state index contributed by atoms with van der Waals surface area (Å²) in [5, 5.41) is 4.90. The monoisotopic (exact) mass is 872 g/mol. The van der Waals surface area contributed by atoms with Crippen molar-refractivity contribution in [2.24, 2.45) is 0 Å². The third-order valence-corrected chi connectivity index (χ3v) is 14.6. The highest BCUT2D eigenvalue weighted by Gasteiger charge is 2.32. The molecule has 13 rings (SSSR count). The number of rotatable bonds is 4. The standard InChI is InChI=1S/C54H21B13N2O2/c55-27-19-28(56)51-35(39(27)57)38-43(61)50(47(65)49(67)54(38)70-51)69-31-16-14-21(20-13-15-30-25(17-20)23-9-4-5-11-29(23)68(30)22-7-2-1-3-8-22)18-26(31)33-24(10-6-12-32(33)69)34-40(58)44(62)41(59)36-37-42(60)45(63)46(64)48(66)53(37)71-52(34)36/h1-19,27,39H. The minimum Gasteiger partial charge on any atom is -0.458 e. The molecule has 0 spiro atoms. The summed E-state index contributed by atoms with van der Waals surface area (Å²) in [4.78, 5) is 0. The fourth-order valence-corrected chi connectivity index (χ4v) is 11.1. The van der Waals surface area contributed by atoms with Crippen molar-refractivity contribution in [2.45, 2.75) is 11.6 Å². The number of aromatic nitrogens is 2. The van der Waals surface area contributed by atoms with Crippen LogP contribution in [0.3, 0.4) is 0 Å². The van der Waals surface area contributed by atoms with Crippen molar-refractivity contribution < 1.29 is 8.83 Å². The van der Waals surface area contributed by atoms with E-state index in [2.05, 4.69) is 71.3 Å². The van der Waals surface area contributed by atoms with Crippen molar-refractivity contribution in [1.82, 2.24) is 9.13 Å². The normalized spacial score (nSPS) is 15.0. The Kier molecular flexibility index (Phi) is 9.75. The first-order valence-corrected chi connectivity index (χ1v) is 22.7. The summed E-state index contributed by atoms with van der Waals surface area (Å²) >= 11 is 0. The van der Waals surface area contributed by atoms with Crippen LogP contribution in [0.4, 0.5) is 0 Å². The molecular formula is C54H21B13N2O2. The molecule has 0 fully saturated rings. The molecule has 0 amide bonds. The van der Waals surface area contributed by atoms with Crippen LogP contribution in [0.2, 0.25) is 5.82 Å². The second-order valence-corrected chi connectivity index (χ2v) is 18.3. The summed E-state index contributed by atoms with van der Waals surface area (Å²) in [6.07, 6.45) is 1.65. The van der Waals surface area contributed by atoms with E-state index in [1.807, 2.05) is 47.0 Å². The van der Waals surface area contributed by atoms with E-state index >= 15 is 0 Å².